The quantitative estimate of drug-likeness (QED) is 0.763. The van der Waals surface area contributed by atoms with Crippen LogP contribution < -0.4 is 5.32 Å². The van der Waals surface area contributed by atoms with Gasteiger partial charge in [-0.3, -0.25) is 4.79 Å². The maximum Gasteiger partial charge on any atom is 0.273 e. The van der Waals surface area contributed by atoms with Crippen molar-refractivity contribution in [2.75, 3.05) is 0 Å². The summed E-state index contributed by atoms with van der Waals surface area (Å²) in [5.74, 6) is -0.649. The second-order valence-electron chi connectivity index (χ2n) is 4.81. The molecular formula is C16H12BrFN4O. The third-order valence-electron chi connectivity index (χ3n) is 3.19. The van der Waals surface area contributed by atoms with Crippen molar-refractivity contribution in [3.8, 4) is 5.69 Å². The fraction of sp³-hybridized carbons (Fsp3) is 0.0625. The number of para-hydroxylation sites is 1. The predicted octanol–water partition coefficient (Wildman–Crippen LogP) is 3.10. The standard InChI is InChI=1S/C16H12BrFN4O/c17-13-3-1-2-4-15(13)22-10-14(20-21-22)16(23)19-9-11-5-7-12(18)8-6-11/h1-8,10H,9H2,(H,19,23). The van der Waals surface area contributed by atoms with E-state index in [1.807, 2.05) is 24.3 Å². The molecule has 0 atom stereocenters. The molecule has 0 unspecified atom stereocenters. The molecule has 3 rings (SSSR count). The van der Waals surface area contributed by atoms with Gasteiger partial charge in [0.15, 0.2) is 5.69 Å². The molecule has 0 bridgehead atoms. The molecule has 0 radical (unpaired) electrons. The molecule has 0 aliphatic heterocycles. The number of nitrogens with zero attached hydrogens (tertiary/aromatic N) is 3. The maximum absolute atomic E-state index is 12.8. The monoisotopic (exact) mass is 374 g/mol. The van der Waals surface area contributed by atoms with Crippen LogP contribution in [0.4, 0.5) is 4.39 Å². The summed E-state index contributed by atoms with van der Waals surface area (Å²) in [6.45, 7) is 0.293. The van der Waals surface area contributed by atoms with E-state index in [9.17, 15) is 9.18 Å². The highest BCUT2D eigenvalue weighted by Gasteiger charge is 2.12. The SMILES string of the molecule is O=C(NCc1ccc(F)cc1)c1cn(-c2ccccc2Br)nn1. The first-order chi connectivity index (χ1) is 11.1. The number of halogens is 2. The molecule has 1 heterocycles. The zero-order valence-electron chi connectivity index (χ0n) is 11.9. The topological polar surface area (TPSA) is 59.8 Å². The summed E-state index contributed by atoms with van der Waals surface area (Å²) in [4.78, 5) is 12.1. The summed E-state index contributed by atoms with van der Waals surface area (Å²) in [6, 6.07) is 13.4. The molecule has 2 aromatic carbocycles. The van der Waals surface area contributed by atoms with Crippen molar-refractivity contribution < 1.29 is 9.18 Å². The predicted molar refractivity (Wildman–Crippen MR) is 86.6 cm³/mol. The molecule has 0 saturated heterocycles. The van der Waals surface area contributed by atoms with Crippen molar-refractivity contribution in [2.24, 2.45) is 0 Å². The molecule has 1 aromatic heterocycles. The van der Waals surface area contributed by atoms with Gasteiger partial charge in [-0.05, 0) is 45.8 Å². The Bertz CT molecular complexity index is 832. The molecule has 0 aliphatic rings. The number of carbonyl (C=O) groups excluding carboxylic acids is 1. The lowest BCUT2D eigenvalue weighted by Crippen LogP contribution is -2.23. The van der Waals surface area contributed by atoms with Crippen LogP contribution in [0.3, 0.4) is 0 Å². The average molecular weight is 375 g/mol. The van der Waals surface area contributed by atoms with E-state index in [0.717, 1.165) is 15.7 Å². The van der Waals surface area contributed by atoms with E-state index in [0.29, 0.717) is 6.54 Å². The van der Waals surface area contributed by atoms with Crippen LogP contribution in [0, 0.1) is 5.82 Å². The zero-order valence-corrected chi connectivity index (χ0v) is 13.5. The van der Waals surface area contributed by atoms with Gasteiger partial charge in [0, 0.05) is 11.0 Å². The summed E-state index contributed by atoms with van der Waals surface area (Å²) >= 11 is 3.43. The molecule has 0 spiro atoms. The van der Waals surface area contributed by atoms with Crippen molar-refractivity contribution in [3.63, 3.8) is 0 Å². The highest BCUT2D eigenvalue weighted by atomic mass is 79.9. The third kappa shape index (κ3) is 3.62. The van der Waals surface area contributed by atoms with Crippen molar-refractivity contribution in [2.45, 2.75) is 6.54 Å². The number of aromatic nitrogens is 3. The van der Waals surface area contributed by atoms with Gasteiger partial charge >= 0.3 is 0 Å². The molecule has 0 fully saturated rings. The van der Waals surface area contributed by atoms with Crippen molar-refractivity contribution in [1.29, 1.82) is 0 Å². The first kappa shape index (κ1) is 15.4. The Kier molecular flexibility index (Phi) is 4.47. The largest absolute Gasteiger partial charge is 0.347 e. The Morgan fingerprint density at radius 2 is 1.91 bits per heavy atom. The molecule has 116 valence electrons. The van der Waals surface area contributed by atoms with E-state index in [1.54, 1.807) is 18.3 Å². The average Bonchev–Trinajstić information content (AvgIpc) is 3.04. The summed E-state index contributed by atoms with van der Waals surface area (Å²) in [7, 11) is 0. The highest BCUT2D eigenvalue weighted by Crippen LogP contribution is 2.19. The maximum atomic E-state index is 12.8. The molecule has 1 amide bonds. The van der Waals surface area contributed by atoms with E-state index in [-0.39, 0.29) is 17.4 Å². The third-order valence-corrected chi connectivity index (χ3v) is 3.86. The highest BCUT2D eigenvalue weighted by molar-refractivity contribution is 9.10. The minimum absolute atomic E-state index is 0.211. The number of amides is 1. The Hall–Kier alpha value is -2.54. The van der Waals surface area contributed by atoms with Gasteiger partial charge in [0.1, 0.15) is 5.82 Å². The molecule has 7 heteroatoms. The van der Waals surface area contributed by atoms with Crippen LogP contribution in [-0.2, 0) is 6.54 Å². The zero-order chi connectivity index (χ0) is 16.2. The van der Waals surface area contributed by atoms with Crippen molar-refractivity contribution >= 4 is 21.8 Å². The van der Waals surface area contributed by atoms with E-state index in [2.05, 4.69) is 31.6 Å². The molecule has 5 nitrogen and oxygen atoms in total. The van der Waals surface area contributed by atoms with Gasteiger partial charge in [-0.1, -0.05) is 29.5 Å². The van der Waals surface area contributed by atoms with E-state index in [1.165, 1.54) is 16.8 Å². The van der Waals surface area contributed by atoms with Crippen LogP contribution in [0.25, 0.3) is 5.69 Å². The van der Waals surface area contributed by atoms with Gasteiger partial charge in [0.2, 0.25) is 0 Å². The molecule has 0 saturated carbocycles. The molecule has 23 heavy (non-hydrogen) atoms. The summed E-state index contributed by atoms with van der Waals surface area (Å²) in [5, 5.41) is 10.6. The fourth-order valence-corrected chi connectivity index (χ4v) is 2.46. The number of hydrogen-bond donors (Lipinski definition) is 1. The van der Waals surface area contributed by atoms with Gasteiger partial charge in [-0.2, -0.15) is 0 Å². The fourth-order valence-electron chi connectivity index (χ4n) is 2.00. The lowest BCUT2D eigenvalue weighted by Gasteiger charge is -2.03. The minimum atomic E-state index is -0.340. The van der Waals surface area contributed by atoms with Gasteiger partial charge in [0.25, 0.3) is 5.91 Å². The Labute approximate surface area is 140 Å². The molecule has 0 aliphatic carbocycles. The first-order valence-electron chi connectivity index (χ1n) is 6.83. The van der Waals surface area contributed by atoms with Gasteiger partial charge in [-0.25, -0.2) is 9.07 Å². The minimum Gasteiger partial charge on any atom is -0.347 e. The molecular weight excluding hydrogens is 363 g/mol. The number of carbonyl (C=O) groups is 1. The summed E-state index contributed by atoms with van der Waals surface area (Å²) in [6.07, 6.45) is 1.56. The second-order valence-corrected chi connectivity index (χ2v) is 5.66. The van der Waals surface area contributed by atoms with Crippen LogP contribution in [0.1, 0.15) is 16.1 Å². The van der Waals surface area contributed by atoms with Gasteiger partial charge in [0.05, 0.1) is 11.9 Å². The first-order valence-corrected chi connectivity index (χ1v) is 7.62. The summed E-state index contributed by atoms with van der Waals surface area (Å²) < 4.78 is 15.2. The van der Waals surface area contributed by atoms with Crippen LogP contribution in [0.2, 0.25) is 0 Å². The van der Waals surface area contributed by atoms with Crippen LogP contribution in [0.5, 0.6) is 0 Å². The van der Waals surface area contributed by atoms with Gasteiger partial charge < -0.3 is 5.32 Å². The second kappa shape index (κ2) is 6.70. The van der Waals surface area contributed by atoms with Crippen molar-refractivity contribution in [1.82, 2.24) is 20.3 Å². The normalized spacial score (nSPS) is 10.5. The van der Waals surface area contributed by atoms with Crippen LogP contribution in [0.15, 0.2) is 59.2 Å². The smallest absolute Gasteiger partial charge is 0.273 e. The van der Waals surface area contributed by atoms with E-state index in [4.69, 9.17) is 0 Å². The van der Waals surface area contributed by atoms with Crippen molar-refractivity contribution in [3.05, 3.63) is 76.3 Å². The van der Waals surface area contributed by atoms with E-state index < -0.39 is 0 Å². The van der Waals surface area contributed by atoms with Gasteiger partial charge in [-0.15, -0.1) is 5.10 Å². The number of hydrogen-bond acceptors (Lipinski definition) is 3. The lowest BCUT2D eigenvalue weighted by molar-refractivity contribution is 0.0946. The number of nitrogens with one attached hydrogen (secondary N) is 1. The van der Waals surface area contributed by atoms with Crippen LogP contribution in [-0.4, -0.2) is 20.9 Å². The summed E-state index contributed by atoms with van der Waals surface area (Å²) in [5.41, 5.74) is 1.80. The van der Waals surface area contributed by atoms with Crippen LogP contribution >= 0.6 is 15.9 Å². The molecule has 1 N–H and O–H groups in total. The van der Waals surface area contributed by atoms with E-state index >= 15 is 0 Å². The molecule has 3 aromatic rings. The Morgan fingerprint density at radius 3 is 2.65 bits per heavy atom. The lowest BCUT2D eigenvalue weighted by atomic mass is 10.2. The Morgan fingerprint density at radius 1 is 1.17 bits per heavy atom. The number of rotatable bonds is 4. The Balaban J connectivity index is 1.69. The number of benzene rings is 2.